The van der Waals surface area contributed by atoms with E-state index >= 15 is 0 Å². The Hall–Kier alpha value is -2.48. The van der Waals surface area contributed by atoms with Gasteiger partial charge in [-0.3, -0.25) is 4.79 Å². The number of sulfone groups is 1. The molecule has 1 aliphatic heterocycles. The third-order valence-corrected chi connectivity index (χ3v) is 6.58. The van der Waals surface area contributed by atoms with E-state index in [-0.39, 0.29) is 23.5 Å². The fourth-order valence-electron chi connectivity index (χ4n) is 2.95. The molecule has 7 nitrogen and oxygen atoms in total. The molecular formula is C18H22N4O3S. The molecule has 1 atom stereocenters. The number of aryl methyl sites for hydroxylation is 1. The summed E-state index contributed by atoms with van der Waals surface area (Å²) in [7, 11) is -1.20. The van der Waals surface area contributed by atoms with E-state index in [1.165, 1.54) is 12.4 Å². The van der Waals surface area contributed by atoms with E-state index in [1.54, 1.807) is 11.9 Å². The fourth-order valence-corrected chi connectivity index (χ4v) is 4.72. The molecule has 2 heterocycles. The van der Waals surface area contributed by atoms with Gasteiger partial charge < -0.3 is 10.2 Å². The Morgan fingerprint density at radius 2 is 1.92 bits per heavy atom. The number of benzene rings is 1. The van der Waals surface area contributed by atoms with Crippen LogP contribution in [0.2, 0.25) is 0 Å². The molecule has 0 bridgehead atoms. The first-order valence-corrected chi connectivity index (χ1v) is 10.2. The van der Waals surface area contributed by atoms with Gasteiger partial charge in [0.05, 0.1) is 17.1 Å². The Morgan fingerprint density at radius 3 is 2.54 bits per heavy atom. The Kier molecular flexibility index (Phi) is 4.95. The maximum atomic E-state index is 12.4. The maximum Gasteiger partial charge on any atom is 0.258 e. The van der Waals surface area contributed by atoms with Crippen LogP contribution in [0.3, 0.4) is 0 Å². The van der Waals surface area contributed by atoms with Crippen LogP contribution in [0.5, 0.6) is 0 Å². The minimum Gasteiger partial charge on any atom is -0.340 e. The van der Waals surface area contributed by atoms with Crippen molar-refractivity contribution < 1.29 is 13.2 Å². The van der Waals surface area contributed by atoms with Gasteiger partial charge in [0.25, 0.3) is 5.91 Å². The SMILES string of the molecule is Cc1cccc(NC(=O)c2cnc(N(C)C3CCS(=O)(=O)C3)nc2)c1C. The molecule has 138 valence electrons. The van der Waals surface area contributed by atoms with Crippen molar-refractivity contribution in [3.63, 3.8) is 0 Å². The Morgan fingerprint density at radius 1 is 1.23 bits per heavy atom. The molecule has 1 fully saturated rings. The highest BCUT2D eigenvalue weighted by Gasteiger charge is 2.31. The van der Waals surface area contributed by atoms with Crippen molar-refractivity contribution in [2.75, 3.05) is 28.8 Å². The Bertz CT molecular complexity index is 926. The first-order valence-electron chi connectivity index (χ1n) is 8.40. The predicted octanol–water partition coefficient (Wildman–Crippen LogP) is 1.97. The zero-order valence-electron chi connectivity index (χ0n) is 15.1. The van der Waals surface area contributed by atoms with E-state index in [9.17, 15) is 13.2 Å². The summed E-state index contributed by atoms with van der Waals surface area (Å²) in [5, 5.41) is 2.87. The van der Waals surface area contributed by atoms with Crippen molar-refractivity contribution in [2.24, 2.45) is 0 Å². The minimum absolute atomic E-state index is 0.113. The standard InChI is InChI=1S/C18H22N4O3S/c1-12-5-4-6-16(13(12)2)21-17(23)14-9-19-18(20-10-14)22(3)15-7-8-26(24,25)11-15/h4-6,9-10,15H,7-8,11H2,1-3H3,(H,21,23). The number of rotatable bonds is 4. The van der Waals surface area contributed by atoms with Gasteiger partial charge in [0, 0.05) is 31.2 Å². The van der Waals surface area contributed by atoms with Crippen LogP contribution >= 0.6 is 0 Å². The lowest BCUT2D eigenvalue weighted by atomic mass is 10.1. The van der Waals surface area contributed by atoms with Gasteiger partial charge in [0.15, 0.2) is 9.84 Å². The summed E-state index contributed by atoms with van der Waals surface area (Å²) in [6.07, 6.45) is 3.49. The van der Waals surface area contributed by atoms with Gasteiger partial charge in [0.1, 0.15) is 0 Å². The summed E-state index contributed by atoms with van der Waals surface area (Å²) in [6, 6.07) is 5.60. The molecule has 1 amide bonds. The molecule has 1 N–H and O–H groups in total. The molecule has 0 aliphatic carbocycles. The zero-order valence-corrected chi connectivity index (χ0v) is 15.9. The van der Waals surface area contributed by atoms with Crippen LogP contribution in [0.1, 0.15) is 27.9 Å². The smallest absolute Gasteiger partial charge is 0.258 e. The van der Waals surface area contributed by atoms with Crippen LogP contribution in [-0.2, 0) is 9.84 Å². The van der Waals surface area contributed by atoms with Gasteiger partial charge in [-0.05, 0) is 37.5 Å². The van der Waals surface area contributed by atoms with E-state index in [4.69, 9.17) is 0 Å². The normalized spacial score (nSPS) is 18.5. The van der Waals surface area contributed by atoms with Crippen molar-refractivity contribution in [2.45, 2.75) is 26.3 Å². The number of hydrogen-bond donors (Lipinski definition) is 1. The highest BCUT2D eigenvalue weighted by atomic mass is 32.2. The number of nitrogens with one attached hydrogen (secondary N) is 1. The van der Waals surface area contributed by atoms with Crippen LogP contribution in [0.4, 0.5) is 11.6 Å². The van der Waals surface area contributed by atoms with Crippen LogP contribution < -0.4 is 10.2 Å². The summed E-state index contributed by atoms with van der Waals surface area (Å²) < 4.78 is 23.2. The van der Waals surface area contributed by atoms with Crippen molar-refractivity contribution in [1.29, 1.82) is 0 Å². The van der Waals surface area contributed by atoms with Crippen LogP contribution in [-0.4, -0.2) is 48.9 Å². The van der Waals surface area contributed by atoms with E-state index in [0.29, 0.717) is 17.9 Å². The van der Waals surface area contributed by atoms with Gasteiger partial charge in [-0.1, -0.05) is 12.1 Å². The number of carbonyl (C=O) groups excluding carboxylic acids is 1. The number of anilines is 2. The summed E-state index contributed by atoms with van der Waals surface area (Å²) in [4.78, 5) is 22.6. The average molecular weight is 374 g/mol. The van der Waals surface area contributed by atoms with Crippen LogP contribution in [0.15, 0.2) is 30.6 Å². The molecule has 0 saturated carbocycles. The fraction of sp³-hybridized carbons (Fsp3) is 0.389. The number of aromatic nitrogens is 2. The average Bonchev–Trinajstić information content (AvgIpc) is 2.98. The largest absolute Gasteiger partial charge is 0.340 e. The maximum absolute atomic E-state index is 12.4. The van der Waals surface area contributed by atoms with E-state index in [2.05, 4.69) is 15.3 Å². The van der Waals surface area contributed by atoms with Gasteiger partial charge in [-0.25, -0.2) is 18.4 Å². The summed E-state index contributed by atoms with van der Waals surface area (Å²) in [5.74, 6) is 0.437. The number of nitrogens with zero attached hydrogens (tertiary/aromatic N) is 3. The lowest BCUT2D eigenvalue weighted by Gasteiger charge is -2.23. The molecule has 0 spiro atoms. The third kappa shape index (κ3) is 3.85. The van der Waals surface area contributed by atoms with Crippen molar-refractivity contribution in [1.82, 2.24) is 9.97 Å². The van der Waals surface area contributed by atoms with Crippen LogP contribution in [0.25, 0.3) is 0 Å². The van der Waals surface area contributed by atoms with E-state index < -0.39 is 9.84 Å². The highest BCUT2D eigenvalue weighted by molar-refractivity contribution is 7.91. The molecule has 1 aromatic carbocycles. The first-order chi connectivity index (χ1) is 12.3. The van der Waals surface area contributed by atoms with E-state index in [1.807, 2.05) is 32.0 Å². The summed E-state index contributed by atoms with van der Waals surface area (Å²) in [6.45, 7) is 3.94. The molecule has 8 heteroatoms. The van der Waals surface area contributed by atoms with Crippen molar-refractivity contribution in [3.8, 4) is 0 Å². The van der Waals surface area contributed by atoms with Crippen LogP contribution in [0, 0.1) is 13.8 Å². The van der Waals surface area contributed by atoms with E-state index in [0.717, 1.165) is 16.8 Å². The monoisotopic (exact) mass is 374 g/mol. The lowest BCUT2D eigenvalue weighted by molar-refractivity contribution is 0.102. The van der Waals surface area contributed by atoms with Gasteiger partial charge in [0.2, 0.25) is 5.95 Å². The molecule has 1 saturated heterocycles. The first kappa shape index (κ1) is 18.3. The zero-order chi connectivity index (χ0) is 18.9. The topological polar surface area (TPSA) is 92.3 Å². The van der Waals surface area contributed by atoms with Crippen molar-refractivity contribution in [3.05, 3.63) is 47.3 Å². The molecule has 2 aromatic rings. The molecule has 1 aromatic heterocycles. The second kappa shape index (κ2) is 7.03. The molecular weight excluding hydrogens is 352 g/mol. The lowest BCUT2D eigenvalue weighted by Crippen LogP contribution is -2.34. The minimum atomic E-state index is -2.97. The summed E-state index contributed by atoms with van der Waals surface area (Å²) in [5.41, 5.74) is 3.22. The number of amides is 1. The Balaban J connectivity index is 1.71. The summed E-state index contributed by atoms with van der Waals surface area (Å²) >= 11 is 0. The molecule has 0 radical (unpaired) electrons. The molecule has 1 aliphatic rings. The molecule has 3 rings (SSSR count). The van der Waals surface area contributed by atoms with Gasteiger partial charge in [-0.15, -0.1) is 0 Å². The third-order valence-electron chi connectivity index (χ3n) is 4.82. The Labute approximate surface area is 153 Å². The molecule has 26 heavy (non-hydrogen) atoms. The highest BCUT2D eigenvalue weighted by Crippen LogP contribution is 2.21. The molecule has 1 unspecified atom stereocenters. The quantitative estimate of drug-likeness (QED) is 0.880. The van der Waals surface area contributed by atoms with Crippen molar-refractivity contribution >= 4 is 27.4 Å². The number of carbonyl (C=O) groups is 1. The second-order valence-corrected chi connectivity index (χ2v) is 8.87. The number of hydrogen-bond acceptors (Lipinski definition) is 6. The second-order valence-electron chi connectivity index (χ2n) is 6.64. The van der Waals surface area contributed by atoms with Gasteiger partial charge in [-0.2, -0.15) is 0 Å². The predicted molar refractivity (Wildman–Crippen MR) is 101 cm³/mol. The van der Waals surface area contributed by atoms with Gasteiger partial charge >= 0.3 is 0 Å².